The van der Waals surface area contributed by atoms with Crippen LogP contribution in [-0.2, 0) is 4.79 Å². The molecule has 0 aliphatic carbocycles. The molecule has 0 fully saturated rings. The third-order valence-electron chi connectivity index (χ3n) is 0.319. The summed E-state index contributed by atoms with van der Waals surface area (Å²) in [5.74, 6) is -0.829. The fourth-order valence-corrected chi connectivity index (χ4v) is 0.123. The van der Waals surface area contributed by atoms with Crippen molar-refractivity contribution in [3.8, 4) is 0 Å². The Morgan fingerprint density at radius 2 is 1.67 bits per heavy atom. The van der Waals surface area contributed by atoms with E-state index in [4.69, 9.17) is 21.8 Å². The van der Waals surface area contributed by atoms with E-state index in [0.717, 1.165) is 6.26 Å². The van der Waals surface area contributed by atoms with Crippen LogP contribution in [0.1, 0.15) is 6.42 Å². The lowest BCUT2D eigenvalue weighted by molar-refractivity contribution is -0.135. The van der Waals surface area contributed by atoms with Gasteiger partial charge in [0.1, 0.15) is 0 Å². The number of hydrogen-bond donors (Lipinski definition) is 2. The van der Waals surface area contributed by atoms with E-state index in [1.165, 1.54) is 11.6 Å². The Kier molecular flexibility index (Phi) is 32.0. The predicted molar refractivity (Wildman–Crippen MR) is 51.3 cm³/mol. The van der Waals surface area contributed by atoms with Crippen molar-refractivity contribution in [1.82, 2.24) is 0 Å². The Labute approximate surface area is 77.3 Å². The Hall–Kier alpha value is -1.22. The lowest BCUT2D eigenvalue weighted by Crippen LogP contribution is -1.88. The van der Waals surface area contributed by atoms with E-state index >= 15 is 0 Å². The maximum absolute atomic E-state index is 9.53. The Morgan fingerprint density at radius 1 is 1.42 bits per heavy atom. The number of carboxylic acids is 1. The normalized spacial score (nSPS) is 5.75. The first-order chi connectivity index (χ1) is 5.60. The summed E-state index contributed by atoms with van der Waals surface area (Å²) < 4.78 is 0. The molecule has 2 N–H and O–H groups in total. The smallest absolute Gasteiger partial charge is 0.307 e. The highest BCUT2D eigenvalue weighted by atomic mass is 35.5. The molecule has 0 radical (unpaired) electrons. The van der Waals surface area contributed by atoms with E-state index in [1.807, 2.05) is 0 Å². The summed E-state index contributed by atoms with van der Waals surface area (Å²) in [6.45, 7) is 9.26. The molecule has 0 aliphatic rings. The van der Waals surface area contributed by atoms with Crippen LogP contribution < -0.4 is 0 Å². The molecule has 4 heteroatoms. The van der Waals surface area contributed by atoms with Crippen molar-refractivity contribution in [3.05, 3.63) is 37.6 Å². The number of aliphatic carboxylic acids is 1. The van der Waals surface area contributed by atoms with Gasteiger partial charge in [0.15, 0.2) is 0 Å². The molecular weight excluding hydrogens is 180 g/mol. The van der Waals surface area contributed by atoms with Crippen LogP contribution in [0.3, 0.4) is 0 Å². The third kappa shape index (κ3) is 168. The molecule has 0 aliphatic heterocycles. The molecule has 0 saturated carbocycles. The molecule has 0 unspecified atom stereocenters. The molecule has 0 bridgehead atoms. The van der Waals surface area contributed by atoms with Crippen LogP contribution in [0.5, 0.6) is 0 Å². The Bertz CT molecular complexity index is 126. The van der Waals surface area contributed by atoms with Crippen molar-refractivity contribution >= 4 is 17.6 Å². The second kappa shape index (κ2) is 22.6. The summed E-state index contributed by atoms with van der Waals surface area (Å²) in [6, 6.07) is 0. The predicted octanol–water partition coefficient (Wildman–Crippen LogP) is 2.70. The van der Waals surface area contributed by atoms with Gasteiger partial charge >= 0.3 is 5.97 Å². The van der Waals surface area contributed by atoms with Crippen molar-refractivity contribution in [3.63, 3.8) is 0 Å². The first-order valence-corrected chi connectivity index (χ1v) is 3.33. The van der Waals surface area contributed by atoms with Crippen molar-refractivity contribution in [2.45, 2.75) is 6.42 Å². The third-order valence-corrected chi connectivity index (χ3v) is 0.319. The van der Waals surface area contributed by atoms with Crippen LogP contribution >= 0.6 is 11.6 Å². The number of aliphatic hydroxyl groups is 1. The number of rotatable bonds is 2. The lowest BCUT2D eigenvalue weighted by atomic mass is 10.4. The lowest BCUT2D eigenvalue weighted by Gasteiger charge is -1.75. The molecular formula is C8H13ClO3. The van der Waals surface area contributed by atoms with E-state index in [1.54, 1.807) is 0 Å². The topological polar surface area (TPSA) is 57.5 Å². The minimum absolute atomic E-state index is 0.0556. The van der Waals surface area contributed by atoms with Crippen LogP contribution in [0, 0.1) is 0 Å². The van der Waals surface area contributed by atoms with Crippen molar-refractivity contribution < 1.29 is 15.0 Å². The second-order valence-electron chi connectivity index (χ2n) is 1.22. The summed E-state index contributed by atoms with van der Waals surface area (Å²) in [4.78, 5) is 9.53. The van der Waals surface area contributed by atoms with Gasteiger partial charge in [0.05, 0.1) is 12.7 Å². The van der Waals surface area contributed by atoms with Gasteiger partial charge < -0.3 is 10.2 Å². The number of carboxylic acid groups (broad SMARTS) is 1. The van der Waals surface area contributed by atoms with Gasteiger partial charge in [0, 0.05) is 0 Å². The molecule has 0 amide bonds. The van der Waals surface area contributed by atoms with Gasteiger partial charge in [-0.3, -0.25) is 4.79 Å². The monoisotopic (exact) mass is 192 g/mol. The van der Waals surface area contributed by atoms with Crippen LogP contribution in [-0.4, -0.2) is 16.2 Å². The van der Waals surface area contributed by atoms with Crippen LogP contribution in [0.25, 0.3) is 0 Å². The highest BCUT2D eigenvalue weighted by molar-refractivity contribution is 6.25. The van der Waals surface area contributed by atoms with Crippen LogP contribution in [0.2, 0.25) is 0 Å². The van der Waals surface area contributed by atoms with Gasteiger partial charge in [0.25, 0.3) is 0 Å². The van der Waals surface area contributed by atoms with Gasteiger partial charge in [-0.15, -0.1) is 6.58 Å². The van der Waals surface area contributed by atoms with E-state index in [9.17, 15) is 4.79 Å². The number of aliphatic hydroxyl groups excluding tert-OH is 1. The first kappa shape index (κ1) is 17.0. The molecule has 0 rings (SSSR count). The number of hydrogen-bond acceptors (Lipinski definition) is 2. The Balaban J connectivity index is -0.000000115. The number of halogens is 1. The van der Waals surface area contributed by atoms with Crippen LogP contribution in [0.15, 0.2) is 37.6 Å². The molecule has 3 nitrogen and oxygen atoms in total. The van der Waals surface area contributed by atoms with Gasteiger partial charge in [-0.2, -0.15) is 0 Å². The van der Waals surface area contributed by atoms with Crippen molar-refractivity contribution in [2.75, 3.05) is 0 Å². The average Bonchev–Trinajstić information content (AvgIpc) is 1.89. The molecule has 0 heterocycles. The number of carbonyl (C=O) groups is 1. The van der Waals surface area contributed by atoms with Gasteiger partial charge in [-0.25, -0.2) is 0 Å². The molecule has 0 atom stereocenters. The zero-order valence-electron chi connectivity index (χ0n) is 6.74. The standard InChI is InChI=1S/C4H6O2.C2H3Cl.C2H4O/c1-2-3-4(5)6;2*1-2-3/h2H,1,3H2,(H,5,6);2H,1H2;2-3H,1H2. The quantitative estimate of drug-likeness (QED) is 0.523. The minimum Gasteiger partial charge on any atom is -0.516 e. The van der Waals surface area contributed by atoms with Gasteiger partial charge in [-0.1, -0.05) is 30.8 Å². The molecule has 70 valence electrons. The zero-order valence-corrected chi connectivity index (χ0v) is 7.50. The fourth-order valence-electron chi connectivity index (χ4n) is 0.123. The molecule has 12 heavy (non-hydrogen) atoms. The summed E-state index contributed by atoms with van der Waals surface area (Å²) >= 11 is 4.76. The summed E-state index contributed by atoms with van der Waals surface area (Å²) in [5, 5.41) is 15.2. The van der Waals surface area contributed by atoms with Crippen LogP contribution in [0.4, 0.5) is 0 Å². The first-order valence-electron chi connectivity index (χ1n) is 2.89. The zero-order chi connectivity index (χ0) is 10.4. The average molecular weight is 193 g/mol. The molecule has 0 aromatic carbocycles. The summed E-state index contributed by atoms with van der Waals surface area (Å²) in [7, 11) is 0. The minimum atomic E-state index is -0.829. The second-order valence-corrected chi connectivity index (χ2v) is 1.53. The largest absolute Gasteiger partial charge is 0.516 e. The molecule has 0 spiro atoms. The molecule has 0 aromatic rings. The summed E-state index contributed by atoms with van der Waals surface area (Å²) in [5.41, 5.74) is 1.22. The van der Waals surface area contributed by atoms with E-state index in [2.05, 4.69) is 19.7 Å². The summed E-state index contributed by atoms with van der Waals surface area (Å²) in [6.07, 6.45) is 2.16. The molecule has 0 saturated heterocycles. The maximum Gasteiger partial charge on any atom is 0.307 e. The highest BCUT2D eigenvalue weighted by Gasteiger charge is 1.84. The van der Waals surface area contributed by atoms with Gasteiger partial charge in [-0.05, 0) is 5.54 Å². The Morgan fingerprint density at radius 3 is 1.67 bits per heavy atom. The van der Waals surface area contributed by atoms with E-state index in [0.29, 0.717) is 0 Å². The van der Waals surface area contributed by atoms with Crippen molar-refractivity contribution in [2.24, 2.45) is 0 Å². The molecule has 0 aromatic heterocycles. The van der Waals surface area contributed by atoms with Crippen molar-refractivity contribution in [1.29, 1.82) is 0 Å². The fraction of sp³-hybridized carbons (Fsp3) is 0.125. The SMILES string of the molecule is C=CCC(=O)O.C=CCl.C=CO. The highest BCUT2D eigenvalue weighted by Crippen LogP contribution is 1.74. The van der Waals surface area contributed by atoms with E-state index in [-0.39, 0.29) is 6.42 Å². The maximum atomic E-state index is 9.53. The van der Waals surface area contributed by atoms with E-state index < -0.39 is 5.97 Å². The van der Waals surface area contributed by atoms with Gasteiger partial charge in [0.2, 0.25) is 0 Å².